The molecule has 0 bridgehead atoms. The van der Waals surface area contributed by atoms with Gasteiger partial charge in [0.1, 0.15) is 5.65 Å². The SMILES string of the molecule is c1ccc(-c2nc(-c3ccccc3)nc(-n3c(-c4ccccc4)c(-c4ccccc4)c4cn5c(cc43)nc3ccccc35)n2)cc1. The zero-order chi connectivity index (χ0) is 30.5. The highest BCUT2D eigenvalue weighted by Crippen LogP contribution is 2.43. The van der Waals surface area contributed by atoms with Crippen LogP contribution in [0.5, 0.6) is 0 Å². The second-order valence-corrected chi connectivity index (χ2v) is 11.2. The van der Waals surface area contributed by atoms with Crippen LogP contribution in [0.4, 0.5) is 0 Å². The Bertz CT molecular complexity index is 2440. The van der Waals surface area contributed by atoms with Gasteiger partial charge in [-0.05, 0) is 23.3 Å². The Morgan fingerprint density at radius 3 is 1.57 bits per heavy atom. The van der Waals surface area contributed by atoms with Gasteiger partial charge < -0.3 is 0 Å². The summed E-state index contributed by atoms with van der Waals surface area (Å²) in [7, 11) is 0. The second kappa shape index (κ2) is 10.6. The Balaban J connectivity index is 1.45. The molecule has 0 N–H and O–H groups in total. The standard InChI is InChI=1S/C40H26N6/c1-5-15-27(16-6-1)36-31-26-45-33-24-14-13-23-32(33)41-35(45)25-34(31)46(37(36)28-17-7-2-8-18-28)40-43-38(29-19-9-3-10-20-29)42-39(44-40)30-21-11-4-12-22-30/h1-26H. The smallest absolute Gasteiger partial charge is 0.238 e. The highest BCUT2D eigenvalue weighted by Gasteiger charge is 2.25. The van der Waals surface area contributed by atoms with E-state index in [2.05, 4.69) is 94.0 Å². The molecule has 0 aliphatic carbocycles. The van der Waals surface area contributed by atoms with Gasteiger partial charge in [-0.25, -0.2) is 9.97 Å². The number of rotatable bonds is 5. The number of hydrogen-bond donors (Lipinski definition) is 0. The Morgan fingerprint density at radius 2 is 0.957 bits per heavy atom. The fraction of sp³-hybridized carbons (Fsp3) is 0. The summed E-state index contributed by atoms with van der Waals surface area (Å²) in [5, 5.41) is 1.07. The molecule has 0 saturated heterocycles. The van der Waals surface area contributed by atoms with Crippen LogP contribution in [0.2, 0.25) is 0 Å². The monoisotopic (exact) mass is 590 g/mol. The van der Waals surface area contributed by atoms with E-state index in [1.54, 1.807) is 0 Å². The van der Waals surface area contributed by atoms with Gasteiger partial charge in [-0.2, -0.15) is 9.97 Å². The number of nitrogens with zero attached hydrogens (tertiary/aromatic N) is 6. The number of pyridine rings is 1. The van der Waals surface area contributed by atoms with Crippen LogP contribution < -0.4 is 0 Å². The number of benzene rings is 5. The molecular weight excluding hydrogens is 564 g/mol. The first-order valence-electron chi connectivity index (χ1n) is 15.3. The molecule has 9 rings (SSSR count). The summed E-state index contributed by atoms with van der Waals surface area (Å²) in [6, 6.07) is 51.6. The number of hydrogen-bond acceptors (Lipinski definition) is 4. The molecule has 6 nitrogen and oxygen atoms in total. The minimum Gasteiger partial charge on any atom is -0.299 e. The second-order valence-electron chi connectivity index (χ2n) is 11.2. The molecule has 0 unspecified atom stereocenters. The number of fused-ring (bicyclic) bond motifs is 4. The molecule has 6 heteroatoms. The summed E-state index contributed by atoms with van der Waals surface area (Å²) in [6.45, 7) is 0. The van der Waals surface area contributed by atoms with Crippen LogP contribution in [0, 0.1) is 0 Å². The quantitative estimate of drug-likeness (QED) is 0.200. The summed E-state index contributed by atoms with van der Waals surface area (Å²) < 4.78 is 4.37. The van der Waals surface area contributed by atoms with Crippen LogP contribution in [0.1, 0.15) is 0 Å². The van der Waals surface area contributed by atoms with Crippen LogP contribution in [0.3, 0.4) is 0 Å². The lowest BCUT2D eigenvalue weighted by Crippen LogP contribution is -2.08. The third kappa shape index (κ3) is 4.27. The molecule has 9 aromatic rings. The van der Waals surface area contributed by atoms with E-state index in [-0.39, 0.29) is 0 Å². The molecule has 0 fully saturated rings. The van der Waals surface area contributed by atoms with Crippen LogP contribution in [-0.2, 0) is 0 Å². The van der Waals surface area contributed by atoms with Gasteiger partial charge in [0.2, 0.25) is 5.95 Å². The highest BCUT2D eigenvalue weighted by molar-refractivity contribution is 6.06. The maximum Gasteiger partial charge on any atom is 0.238 e. The minimum atomic E-state index is 0.541. The van der Waals surface area contributed by atoms with Gasteiger partial charge in [0.25, 0.3) is 0 Å². The molecule has 4 heterocycles. The molecule has 0 radical (unpaired) electrons. The van der Waals surface area contributed by atoms with Crippen molar-refractivity contribution in [1.82, 2.24) is 28.9 Å². The maximum atomic E-state index is 5.18. The van der Waals surface area contributed by atoms with Crippen molar-refractivity contribution in [3.05, 3.63) is 158 Å². The molecule has 0 aliphatic rings. The molecule has 0 saturated carbocycles. The van der Waals surface area contributed by atoms with E-state index in [1.807, 2.05) is 72.8 Å². The topological polar surface area (TPSA) is 60.9 Å². The summed E-state index contributed by atoms with van der Waals surface area (Å²) in [6.07, 6.45) is 2.21. The van der Waals surface area contributed by atoms with Gasteiger partial charge in [0.05, 0.1) is 22.2 Å². The average molecular weight is 591 g/mol. The zero-order valence-corrected chi connectivity index (χ0v) is 24.7. The predicted molar refractivity (Wildman–Crippen MR) is 185 cm³/mol. The fourth-order valence-electron chi connectivity index (χ4n) is 6.30. The number of para-hydroxylation sites is 2. The fourth-order valence-corrected chi connectivity index (χ4v) is 6.30. The van der Waals surface area contributed by atoms with Crippen molar-refractivity contribution >= 4 is 27.6 Å². The van der Waals surface area contributed by atoms with Crippen LogP contribution in [0.25, 0.3) is 78.7 Å². The molecule has 216 valence electrons. The molecule has 0 amide bonds. The Kier molecular flexibility index (Phi) is 6.03. The van der Waals surface area contributed by atoms with E-state index in [1.165, 1.54) is 0 Å². The lowest BCUT2D eigenvalue weighted by molar-refractivity contribution is 0.938. The van der Waals surface area contributed by atoms with E-state index in [0.29, 0.717) is 17.6 Å². The average Bonchev–Trinajstić information content (AvgIpc) is 3.67. The Morgan fingerprint density at radius 1 is 0.435 bits per heavy atom. The van der Waals surface area contributed by atoms with Crippen molar-refractivity contribution in [3.63, 3.8) is 0 Å². The first-order chi connectivity index (χ1) is 22.8. The summed E-state index contributed by atoms with van der Waals surface area (Å²) in [4.78, 5) is 20.3. The molecule has 5 aromatic carbocycles. The molecule has 4 aromatic heterocycles. The van der Waals surface area contributed by atoms with Crippen molar-refractivity contribution in [2.24, 2.45) is 0 Å². The van der Waals surface area contributed by atoms with E-state index < -0.39 is 0 Å². The Hall–Kier alpha value is -6.40. The van der Waals surface area contributed by atoms with Crippen molar-refractivity contribution in [1.29, 1.82) is 0 Å². The maximum absolute atomic E-state index is 5.18. The largest absolute Gasteiger partial charge is 0.299 e. The molecule has 0 spiro atoms. The third-order valence-corrected chi connectivity index (χ3v) is 8.39. The van der Waals surface area contributed by atoms with Gasteiger partial charge in [-0.1, -0.05) is 133 Å². The van der Waals surface area contributed by atoms with Gasteiger partial charge in [-0.3, -0.25) is 8.97 Å². The van der Waals surface area contributed by atoms with Crippen molar-refractivity contribution < 1.29 is 0 Å². The third-order valence-electron chi connectivity index (χ3n) is 8.39. The van der Waals surface area contributed by atoms with Gasteiger partial charge >= 0.3 is 0 Å². The lowest BCUT2D eigenvalue weighted by Gasteiger charge is -2.14. The van der Waals surface area contributed by atoms with E-state index in [4.69, 9.17) is 19.9 Å². The van der Waals surface area contributed by atoms with Crippen molar-refractivity contribution in [2.75, 3.05) is 0 Å². The normalized spacial score (nSPS) is 11.5. The highest BCUT2D eigenvalue weighted by atomic mass is 15.2. The van der Waals surface area contributed by atoms with Gasteiger partial charge in [0, 0.05) is 34.3 Å². The first-order valence-corrected chi connectivity index (χ1v) is 15.3. The Labute approximate surface area is 264 Å². The minimum absolute atomic E-state index is 0.541. The zero-order valence-electron chi connectivity index (χ0n) is 24.7. The predicted octanol–water partition coefficient (Wildman–Crippen LogP) is 9.28. The molecule has 0 aliphatic heterocycles. The molecular formula is C40H26N6. The van der Waals surface area contributed by atoms with Crippen molar-refractivity contribution in [2.45, 2.75) is 0 Å². The van der Waals surface area contributed by atoms with Gasteiger partial charge in [-0.15, -0.1) is 0 Å². The van der Waals surface area contributed by atoms with E-state index >= 15 is 0 Å². The lowest BCUT2D eigenvalue weighted by atomic mass is 9.99. The van der Waals surface area contributed by atoms with E-state index in [0.717, 1.165) is 61.1 Å². The summed E-state index contributed by atoms with van der Waals surface area (Å²) >= 11 is 0. The summed E-state index contributed by atoms with van der Waals surface area (Å²) in [5.41, 5.74) is 9.94. The summed E-state index contributed by atoms with van der Waals surface area (Å²) in [5.74, 6) is 1.76. The van der Waals surface area contributed by atoms with E-state index in [9.17, 15) is 0 Å². The van der Waals surface area contributed by atoms with Crippen molar-refractivity contribution in [3.8, 4) is 51.1 Å². The van der Waals surface area contributed by atoms with Gasteiger partial charge in [0.15, 0.2) is 11.6 Å². The first kappa shape index (κ1) is 26.0. The molecule has 46 heavy (non-hydrogen) atoms. The van der Waals surface area contributed by atoms with Crippen LogP contribution in [0.15, 0.2) is 158 Å². The molecule has 0 atom stereocenters. The number of aromatic nitrogens is 6. The van der Waals surface area contributed by atoms with Crippen LogP contribution >= 0.6 is 0 Å². The number of imidazole rings is 1. The van der Waals surface area contributed by atoms with Crippen LogP contribution in [-0.4, -0.2) is 28.9 Å².